The summed E-state index contributed by atoms with van der Waals surface area (Å²) in [6.07, 6.45) is 0. The molecular weight excluding hydrogens is 210 g/mol. The largest absolute Gasteiger partial charge is 0.495 e. The minimum absolute atomic E-state index is 0.123. The molecule has 82 valence electrons. The van der Waals surface area contributed by atoms with Crippen LogP contribution in [0.15, 0.2) is 17.0 Å². The van der Waals surface area contributed by atoms with E-state index >= 15 is 0 Å². The fraction of sp³-hybridized carbons (Fsp3) is 0.455. The van der Waals surface area contributed by atoms with Gasteiger partial charge in [0.1, 0.15) is 5.75 Å². The van der Waals surface area contributed by atoms with Crippen LogP contribution >= 0.6 is 11.8 Å². The van der Waals surface area contributed by atoms with Crippen LogP contribution in [0.3, 0.4) is 0 Å². The zero-order valence-electron chi connectivity index (χ0n) is 8.91. The van der Waals surface area contributed by atoms with E-state index in [4.69, 9.17) is 9.84 Å². The van der Waals surface area contributed by atoms with Crippen LogP contribution in [0, 0.1) is 6.92 Å². The van der Waals surface area contributed by atoms with Gasteiger partial charge in [0, 0.05) is 10.6 Å². The Hall–Kier alpha value is -0.870. The molecule has 0 bridgehead atoms. The smallest absolute Gasteiger partial charge is 0.143 e. The predicted octanol–water partition coefficient (Wildman–Crippen LogP) is 1.88. The van der Waals surface area contributed by atoms with Gasteiger partial charge in [0.2, 0.25) is 0 Å². The van der Waals surface area contributed by atoms with E-state index in [1.807, 2.05) is 6.07 Å². The first-order chi connectivity index (χ1) is 7.26. The SMILES string of the molecule is COc1ccc(C)c2c1NC(CO)CS2. The number of fused-ring (bicyclic) bond motifs is 1. The first kappa shape index (κ1) is 10.6. The second kappa shape index (κ2) is 4.33. The van der Waals surface area contributed by atoms with E-state index in [1.54, 1.807) is 18.9 Å². The number of hydrogen-bond donors (Lipinski definition) is 2. The number of thioether (sulfide) groups is 1. The molecular formula is C11H15NO2S. The molecule has 1 aromatic rings. The van der Waals surface area contributed by atoms with E-state index < -0.39 is 0 Å². The Morgan fingerprint density at radius 3 is 3.07 bits per heavy atom. The fourth-order valence-electron chi connectivity index (χ4n) is 1.69. The first-order valence-electron chi connectivity index (χ1n) is 4.94. The average molecular weight is 225 g/mol. The minimum atomic E-state index is 0.123. The molecule has 1 atom stereocenters. The molecule has 1 aliphatic rings. The molecule has 0 radical (unpaired) electrons. The zero-order valence-corrected chi connectivity index (χ0v) is 9.73. The molecule has 15 heavy (non-hydrogen) atoms. The van der Waals surface area contributed by atoms with Crippen LogP contribution in [0.25, 0.3) is 0 Å². The molecule has 2 rings (SSSR count). The quantitative estimate of drug-likeness (QED) is 0.806. The van der Waals surface area contributed by atoms with E-state index in [-0.39, 0.29) is 12.6 Å². The summed E-state index contributed by atoms with van der Waals surface area (Å²) in [4.78, 5) is 1.24. The number of nitrogens with one attached hydrogen (secondary N) is 1. The molecule has 0 saturated carbocycles. The summed E-state index contributed by atoms with van der Waals surface area (Å²) in [5.74, 6) is 1.75. The molecule has 1 heterocycles. The van der Waals surface area contributed by atoms with Crippen molar-refractivity contribution in [2.45, 2.75) is 17.9 Å². The third kappa shape index (κ3) is 1.92. The highest BCUT2D eigenvalue weighted by Crippen LogP contribution is 2.41. The van der Waals surface area contributed by atoms with Gasteiger partial charge < -0.3 is 15.2 Å². The zero-order chi connectivity index (χ0) is 10.8. The van der Waals surface area contributed by atoms with Crippen LogP contribution in [0.2, 0.25) is 0 Å². The molecule has 1 unspecified atom stereocenters. The average Bonchev–Trinajstić information content (AvgIpc) is 2.29. The molecule has 0 aliphatic carbocycles. The standard InChI is InChI=1S/C11H15NO2S/c1-7-3-4-9(14-2)10-11(7)15-6-8(5-13)12-10/h3-4,8,12-13H,5-6H2,1-2H3. The van der Waals surface area contributed by atoms with Gasteiger partial charge in [-0.05, 0) is 18.6 Å². The maximum Gasteiger partial charge on any atom is 0.143 e. The Morgan fingerprint density at radius 1 is 1.60 bits per heavy atom. The van der Waals surface area contributed by atoms with Gasteiger partial charge in [-0.2, -0.15) is 0 Å². The van der Waals surface area contributed by atoms with Crippen molar-refractivity contribution < 1.29 is 9.84 Å². The molecule has 1 aliphatic heterocycles. The number of ether oxygens (including phenoxy) is 1. The van der Waals surface area contributed by atoms with Gasteiger partial charge in [-0.15, -0.1) is 11.8 Å². The highest BCUT2D eigenvalue weighted by Gasteiger charge is 2.21. The van der Waals surface area contributed by atoms with E-state index in [9.17, 15) is 0 Å². The summed E-state index contributed by atoms with van der Waals surface area (Å²) in [5.41, 5.74) is 2.27. The van der Waals surface area contributed by atoms with Gasteiger partial charge in [-0.1, -0.05) is 6.07 Å². The lowest BCUT2D eigenvalue weighted by Crippen LogP contribution is -2.29. The molecule has 3 nitrogen and oxygen atoms in total. The summed E-state index contributed by atoms with van der Waals surface area (Å²) in [5, 5.41) is 12.4. The Morgan fingerprint density at radius 2 is 2.40 bits per heavy atom. The van der Waals surface area contributed by atoms with Gasteiger partial charge in [-0.25, -0.2) is 0 Å². The number of aryl methyl sites for hydroxylation is 1. The Balaban J connectivity index is 2.41. The van der Waals surface area contributed by atoms with Crippen LogP contribution in [0.4, 0.5) is 5.69 Å². The third-order valence-corrected chi connectivity index (χ3v) is 3.92. The van der Waals surface area contributed by atoms with Crippen LogP contribution < -0.4 is 10.1 Å². The molecule has 1 aromatic carbocycles. The van der Waals surface area contributed by atoms with Crippen molar-refractivity contribution in [2.24, 2.45) is 0 Å². The molecule has 0 amide bonds. The minimum Gasteiger partial charge on any atom is -0.495 e. The van der Waals surface area contributed by atoms with Crippen molar-refractivity contribution in [1.29, 1.82) is 0 Å². The maximum atomic E-state index is 9.13. The lowest BCUT2D eigenvalue weighted by atomic mass is 10.2. The number of rotatable bonds is 2. The van der Waals surface area contributed by atoms with Crippen LogP contribution in [-0.4, -0.2) is 30.6 Å². The van der Waals surface area contributed by atoms with E-state index in [0.29, 0.717) is 0 Å². The fourth-order valence-corrected chi connectivity index (χ4v) is 2.85. The number of hydrogen-bond acceptors (Lipinski definition) is 4. The number of aliphatic hydroxyl groups is 1. The van der Waals surface area contributed by atoms with Gasteiger partial charge in [0.15, 0.2) is 0 Å². The van der Waals surface area contributed by atoms with Crippen molar-refractivity contribution in [3.63, 3.8) is 0 Å². The van der Waals surface area contributed by atoms with Gasteiger partial charge in [0.05, 0.1) is 25.4 Å². The normalized spacial score (nSPS) is 19.3. The molecule has 0 saturated heterocycles. The lowest BCUT2D eigenvalue weighted by molar-refractivity contribution is 0.282. The third-order valence-electron chi connectivity index (χ3n) is 2.53. The summed E-state index contributed by atoms with van der Waals surface area (Å²) in [6.45, 7) is 2.25. The van der Waals surface area contributed by atoms with Crippen molar-refractivity contribution >= 4 is 17.4 Å². The van der Waals surface area contributed by atoms with Crippen LogP contribution in [0.5, 0.6) is 5.75 Å². The molecule has 0 aromatic heterocycles. The van der Waals surface area contributed by atoms with Gasteiger partial charge in [-0.3, -0.25) is 0 Å². The summed E-state index contributed by atoms with van der Waals surface area (Å²) in [6, 6.07) is 4.14. The van der Waals surface area contributed by atoms with Crippen molar-refractivity contribution in [3.05, 3.63) is 17.7 Å². The first-order valence-corrected chi connectivity index (χ1v) is 5.92. The van der Waals surface area contributed by atoms with Gasteiger partial charge in [0.25, 0.3) is 0 Å². The van der Waals surface area contributed by atoms with Crippen molar-refractivity contribution in [3.8, 4) is 5.75 Å². The van der Waals surface area contributed by atoms with E-state index in [0.717, 1.165) is 17.2 Å². The summed E-state index contributed by atoms with van der Waals surface area (Å²) < 4.78 is 5.30. The Labute approximate surface area is 93.8 Å². The number of aliphatic hydroxyl groups excluding tert-OH is 1. The molecule has 0 spiro atoms. The Bertz CT molecular complexity index is 368. The van der Waals surface area contributed by atoms with Gasteiger partial charge >= 0.3 is 0 Å². The predicted molar refractivity (Wildman–Crippen MR) is 63.0 cm³/mol. The number of benzene rings is 1. The van der Waals surface area contributed by atoms with E-state index in [2.05, 4.69) is 18.3 Å². The van der Waals surface area contributed by atoms with E-state index in [1.165, 1.54) is 10.5 Å². The number of anilines is 1. The highest BCUT2D eigenvalue weighted by molar-refractivity contribution is 7.99. The van der Waals surface area contributed by atoms with Crippen LogP contribution in [-0.2, 0) is 0 Å². The second-order valence-electron chi connectivity index (χ2n) is 3.62. The topological polar surface area (TPSA) is 41.5 Å². The molecule has 2 N–H and O–H groups in total. The maximum absolute atomic E-state index is 9.13. The monoisotopic (exact) mass is 225 g/mol. The Kier molecular flexibility index (Phi) is 3.07. The summed E-state index contributed by atoms with van der Waals surface area (Å²) >= 11 is 1.78. The van der Waals surface area contributed by atoms with Crippen LogP contribution in [0.1, 0.15) is 5.56 Å². The molecule has 4 heteroatoms. The lowest BCUT2D eigenvalue weighted by Gasteiger charge is -2.27. The van der Waals surface area contributed by atoms with Crippen molar-refractivity contribution in [1.82, 2.24) is 0 Å². The highest BCUT2D eigenvalue weighted by atomic mass is 32.2. The van der Waals surface area contributed by atoms with Crippen molar-refractivity contribution in [2.75, 3.05) is 24.8 Å². The summed E-state index contributed by atoms with van der Waals surface area (Å²) in [7, 11) is 1.67. The molecule has 0 fully saturated rings. The number of methoxy groups -OCH3 is 1. The second-order valence-corrected chi connectivity index (χ2v) is 4.65.